The molecule has 2 aromatic heterocycles. The number of nitrogens with two attached hydrogens (primary N) is 3. The molecule has 47 heavy (non-hydrogen) atoms. The molecule has 0 saturated carbocycles. The van der Waals surface area contributed by atoms with Gasteiger partial charge in [0.2, 0.25) is 24.1 Å². The number of nitrogens with zero attached hydrogens (tertiary/aromatic N) is 5. The first-order chi connectivity index (χ1) is 22.3. The second-order valence-corrected chi connectivity index (χ2v) is 11.9. The van der Waals surface area contributed by atoms with E-state index in [9.17, 15) is 39.6 Å². The first-order valence-electron chi connectivity index (χ1n) is 13.3. The van der Waals surface area contributed by atoms with E-state index in [1.165, 1.54) is 35.6 Å². The third-order valence-electron chi connectivity index (χ3n) is 6.84. The number of carboxylic acids is 2. The highest BCUT2D eigenvalue weighted by Crippen LogP contribution is 2.40. The summed E-state index contributed by atoms with van der Waals surface area (Å²) < 4.78 is 1.58. The van der Waals surface area contributed by atoms with Crippen LogP contribution in [-0.2, 0) is 30.6 Å². The SMILES string of the molecule is Nc1cc(N)[n+](C/C=C/C2=C(C(=O)O)N3C(=O)C(NC(=O)/C(=N\OC(C(=O)O)c4ccc(O)c(O)c4)c4csc(N)n4)[C@H]3SC2)cn1. The van der Waals surface area contributed by atoms with E-state index in [1.807, 2.05) is 0 Å². The molecule has 5 rings (SSSR count). The number of hydrogen-bond acceptors (Lipinski definition) is 15. The lowest BCUT2D eigenvalue weighted by atomic mass is 10.0. The molecule has 18 nitrogen and oxygen atoms in total. The number of phenols is 2. The average Bonchev–Trinajstić information content (AvgIpc) is 3.45. The van der Waals surface area contributed by atoms with E-state index in [4.69, 9.17) is 22.0 Å². The number of fused-ring (bicyclic) bond motifs is 1. The zero-order valence-electron chi connectivity index (χ0n) is 23.9. The first kappa shape index (κ1) is 32.5. The molecule has 0 radical (unpaired) electrons. The van der Waals surface area contributed by atoms with Gasteiger partial charge in [0.05, 0.1) is 12.6 Å². The summed E-state index contributed by atoms with van der Waals surface area (Å²) in [6.45, 7) is 0.248. The van der Waals surface area contributed by atoms with Crippen LogP contribution in [0.4, 0.5) is 16.8 Å². The number of carbonyl (C=O) groups is 4. The Bertz CT molecular complexity index is 1880. The number of nitrogens with one attached hydrogen (secondary N) is 1. The summed E-state index contributed by atoms with van der Waals surface area (Å²) in [5, 5.41) is 45.9. The summed E-state index contributed by atoms with van der Waals surface area (Å²) in [7, 11) is 0. The fourth-order valence-electron chi connectivity index (χ4n) is 4.57. The van der Waals surface area contributed by atoms with Gasteiger partial charge >= 0.3 is 11.9 Å². The van der Waals surface area contributed by atoms with E-state index >= 15 is 0 Å². The Kier molecular flexibility index (Phi) is 9.15. The number of aliphatic carboxylic acids is 2. The van der Waals surface area contributed by atoms with Gasteiger partial charge in [-0.05, 0) is 17.7 Å². The van der Waals surface area contributed by atoms with E-state index in [1.54, 1.807) is 16.7 Å². The number of thiazole rings is 1. The van der Waals surface area contributed by atoms with E-state index in [0.29, 0.717) is 11.4 Å². The van der Waals surface area contributed by atoms with Crippen molar-refractivity contribution < 1.29 is 49.0 Å². The minimum atomic E-state index is -1.82. The Morgan fingerprint density at radius 2 is 1.96 bits per heavy atom. The van der Waals surface area contributed by atoms with Gasteiger partial charge in [-0.1, -0.05) is 28.4 Å². The lowest BCUT2D eigenvalue weighted by molar-refractivity contribution is -0.675. The predicted octanol–water partition coefficient (Wildman–Crippen LogP) is -0.475. The van der Waals surface area contributed by atoms with Gasteiger partial charge in [0.1, 0.15) is 22.8 Å². The fourth-order valence-corrected chi connectivity index (χ4v) is 6.44. The highest BCUT2D eigenvalue weighted by atomic mass is 32.2. The first-order valence-corrected chi connectivity index (χ1v) is 15.3. The average molecular weight is 685 g/mol. The number of oxime groups is 1. The molecule has 0 aliphatic carbocycles. The number of carboxylic acid groups (broad SMARTS) is 2. The number of benzene rings is 1. The number of rotatable bonds is 11. The molecule has 20 heteroatoms. The van der Waals surface area contributed by atoms with E-state index in [-0.39, 0.29) is 40.2 Å². The number of amides is 2. The zero-order valence-corrected chi connectivity index (χ0v) is 25.5. The number of anilines is 3. The van der Waals surface area contributed by atoms with Crippen LogP contribution in [0.5, 0.6) is 11.5 Å². The predicted molar refractivity (Wildman–Crippen MR) is 166 cm³/mol. The number of aromatic hydroxyl groups is 2. The topological polar surface area (TPSA) is 294 Å². The minimum absolute atomic E-state index is 0.0537. The standard InChI is InChI=1S/C27H25N9O9S2/c28-16-7-17(29)35(10-31-16)5-1-2-12-8-46-24-19(23(40)36(24)20(12)25(41)42)33-22(39)18(13-9-47-27(30)32-13)34-45-21(26(43)44)11-3-4-14(37)15(38)6-11/h1-4,6-7,9-10,19,21,24H,5,8H2,(H10,28,29,30,32,33,34,37,38,39,41,42,43,44)/p+1/b2-1+/t19?,21?,24-/m1/s1. The van der Waals surface area contributed by atoms with Gasteiger partial charge in [0.15, 0.2) is 22.3 Å². The van der Waals surface area contributed by atoms with Gasteiger partial charge in [-0.15, -0.1) is 23.1 Å². The smallest absolute Gasteiger partial charge is 0.352 e. The van der Waals surface area contributed by atoms with Crippen molar-refractivity contribution in [2.45, 2.75) is 24.1 Å². The Morgan fingerprint density at radius 3 is 2.60 bits per heavy atom. The molecule has 2 amide bonds. The molecule has 4 heterocycles. The van der Waals surface area contributed by atoms with Crippen molar-refractivity contribution in [2.75, 3.05) is 23.0 Å². The van der Waals surface area contributed by atoms with E-state index in [2.05, 4.69) is 20.4 Å². The van der Waals surface area contributed by atoms with Crippen LogP contribution in [0, 0.1) is 0 Å². The molecular formula is C27H26N9O9S2+. The molecule has 0 spiro atoms. The maximum Gasteiger partial charge on any atom is 0.352 e. The third kappa shape index (κ3) is 6.72. The summed E-state index contributed by atoms with van der Waals surface area (Å²) in [6.07, 6.45) is 2.83. The number of carbonyl (C=O) groups excluding carboxylic acids is 2. The number of phenolic OH excluding ortho intramolecular Hbond substituents is 2. The number of hydrogen-bond donors (Lipinski definition) is 8. The molecule has 2 aliphatic heterocycles. The van der Waals surface area contributed by atoms with Crippen molar-refractivity contribution in [1.29, 1.82) is 0 Å². The molecule has 11 N–H and O–H groups in total. The van der Waals surface area contributed by atoms with Gasteiger partial charge < -0.3 is 47.8 Å². The monoisotopic (exact) mass is 684 g/mol. The molecule has 244 valence electrons. The van der Waals surface area contributed by atoms with Gasteiger partial charge in [0, 0.05) is 16.7 Å². The second kappa shape index (κ2) is 13.2. The van der Waals surface area contributed by atoms with Crippen molar-refractivity contribution in [3.63, 3.8) is 0 Å². The highest BCUT2D eigenvalue weighted by molar-refractivity contribution is 8.00. The van der Waals surface area contributed by atoms with Crippen LogP contribution in [0.2, 0.25) is 0 Å². The Morgan fingerprint density at radius 1 is 1.19 bits per heavy atom. The number of β-lactam (4-membered cyclic amide) rings is 1. The molecule has 2 aliphatic rings. The molecule has 2 unspecified atom stereocenters. The Balaban J connectivity index is 1.35. The molecule has 3 atom stereocenters. The lowest BCUT2D eigenvalue weighted by Crippen LogP contribution is -2.71. The molecule has 3 aromatic rings. The highest BCUT2D eigenvalue weighted by Gasteiger charge is 2.54. The number of thioether (sulfide) groups is 1. The van der Waals surface area contributed by atoms with Crippen LogP contribution in [-0.4, -0.2) is 81.9 Å². The number of allylic oxidation sites excluding steroid dienone is 2. The van der Waals surface area contributed by atoms with E-state index < -0.39 is 58.5 Å². The Labute approximate surface area is 272 Å². The second-order valence-electron chi connectivity index (χ2n) is 9.92. The van der Waals surface area contributed by atoms with Crippen molar-refractivity contribution in [2.24, 2.45) is 5.16 Å². The number of aromatic nitrogens is 3. The van der Waals surface area contributed by atoms with Gasteiger partial charge in [0.25, 0.3) is 11.8 Å². The molecule has 0 bridgehead atoms. The van der Waals surface area contributed by atoms with Crippen LogP contribution in [0.3, 0.4) is 0 Å². The van der Waals surface area contributed by atoms with Crippen molar-refractivity contribution in [1.82, 2.24) is 20.2 Å². The minimum Gasteiger partial charge on any atom is -0.504 e. The van der Waals surface area contributed by atoms with Crippen LogP contribution in [0.25, 0.3) is 0 Å². The number of nitrogen functional groups attached to an aromatic ring is 3. The van der Waals surface area contributed by atoms with Crippen molar-refractivity contribution in [3.05, 3.63) is 70.7 Å². The summed E-state index contributed by atoms with van der Waals surface area (Å²) in [4.78, 5) is 65.1. The van der Waals surface area contributed by atoms with Gasteiger partial charge in [-0.25, -0.2) is 19.1 Å². The maximum atomic E-state index is 13.4. The van der Waals surface area contributed by atoms with Gasteiger partial charge in [-0.2, -0.15) is 0 Å². The Hall–Kier alpha value is -5.89. The lowest BCUT2D eigenvalue weighted by Gasteiger charge is -2.49. The summed E-state index contributed by atoms with van der Waals surface area (Å²) in [6, 6.07) is 3.47. The van der Waals surface area contributed by atoms with Crippen molar-refractivity contribution in [3.8, 4) is 11.5 Å². The fraction of sp³-hybridized carbons (Fsp3) is 0.185. The molecule has 1 aromatic carbocycles. The summed E-state index contributed by atoms with van der Waals surface area (Å²) in [5.74, 6) is -4.91. The van der Waals surface area contributed by atoms with Crippen LogP contribution in [0.15, 0.2) is 64.6 Å². The van der Waals surface area contributed by atoms with Crippen LogP contribution in [0.1, 0.15) is 17.4 Å². The van der Waals surface area contributed by atoms with Gasteiger partial charge in [-0.3, -0.25) is 14.5 Å². The van der Waals surface area contributed by atoms with E-state index in [0.717, 1.165) is 28.4 Å². The quantitative estimate of drug-likeness (QED) is 0.0416. The third-order valence-corrected chi connectivity index (χ3v) is 8.81. The normalized spacial score (nSPS) is 18.4. The van der Waals surface area contributed by atoms with Crippen LogP contribution < -0.4 is 27.1 Å². The zero-order chi connectivity index (χ0) is 34.0. The molecular weight excluding hydrogens is 658 g/mol. The molecule has 1 saturated heterocycles. The van der Waals surface area contributed by atoms with Crippen molar-refractivity contribution >= 4 is 69.3 Å². The maximum absolute atomic E-state index is 13.4. The summed E-state index contributed by atoms with van der Waals surface area (Å²) >= 11 is 2.17. The van der Waals surface area contributed by atoms with Crippen LogP contribution >= 0.6 is 23.1 Å². The molecule has 1 fully saturated rings. The summed E-state index contributed by atoms with van der Waals surface area (Å²) in [5.41, 5.74) is 16.6. The largest absolute Gasteiger partial charge is 0.504 e.